The third-order valence-electron chi connectivity index (χ3n) is 2.32. The highest BCUT2D eigenvalue weighted by atomic mass is 35.5. The Morgan fingerprint density at radius 2 is 2.21 bits per heavy atom. The zero-order valence-corrected chi connectivity index (χ0v) is 9.55. The van der Waals surface area contributed by atoms with Crippen molar-refractivity contribution in [2.45, 2.75) is 19.8 Å². The fraction of sp³-hybridized carbons (Fsp3) is 0.500. The smallest absolute Gasteiger partial charge is 0.119 e. The van der Waals surface area contributed by atoms with Gasteiger partial charge in [-0.25, -0.2) is 0 Å². The van der Waals surface area contributed by atoms with Crippen molar-refractivity contribution in [3.05, 3.63) is 29.8 Å². The summed E-state index contributed by atoms with van der Waals surface area (Å²) in [6.45, 7) is 2.17. The number of aryl methyl sites for hydroxylation is 1. The van der Waals surface area contributed by atoms with Crippen molar-refractivity contribution in [3.8, 4) is 5.75 Å². The molecule has 14 heavy (non-hydrogen) atoms. The van der Waals surface area contributed by atoms with Crippen molar-refractivity contribution < 1.29 is 4.74 Å². The van der Waals surface area contributed by atoms with Crippen LogP contribution in [-0.2, 0) is 6.42 Å². The molecular formula is C12H17ClO. The van der Waals surface area contributed by atoms with E-state index < -0.39 is 0 Å². The van der Waals surface area contributed by atoms with Crippen LogP contribution in [0.4, 0.5) is 0 Å². The number of hydrogen-bond acceptors (Lipinski definition) is 1. The van der Waals surface area contributed by atoms with Gasteiger partial charge in [-0.15, -0.1) is 11.6 Å². The van der Waals surface area contributed by atoms with Gasteiger partial charge >= 0.3 is 0 Å². The number of ether oxygens (including phenoxy) is 1. The SMILES string of the molecule is COc1cccc(CCC(C)CCl)c1. The molecule has 1 aromatic rings. The monoisotopic (exact) mass is 212 g/mol. The third-order valence-corrected chi connectivity index (χ3v) is 2.85. The fourth-order valence-corrected chi connectivity index (χ4v) is 1.47. The fourth-order valence-electron chi connectivity index (χ4n) is 1.32. The molecule has 1 rings (SSSR count). The van der Waals surface area contributed by atoms with Gasteiger partial charge in [0, 0.05) is 5.88 Å². The summed E-state index contributed by atoms with van der Waals surface area (Å²) >= 11 is 5.75. The average Bonchev–Trinajstić information content (AvgIpc) is 2.26. The van der Waals surface area contributed by atoms with Gasteiger partial charge in [0.1, 0.15) is 5.75 Å². The summed E-state index contributed by atoms with van der Waals surface area (Å²) in [7, 11) is 1.69. The molecule has 1 aromatic carbocycles. The van der Waals surface area contributed by atoms with Gasteiger partial charge in [0.25, 0.3) is 0 Å². The molecule has 0 aliphatic carbocycles. The molecule has 78 valence electrons. The van der Waals surface area contributed by atoms with Crippen LogP contribution in [0.1, 0.15) is 18.9 Å². The number of halogens is 1. The Kier molecular flexibility index (Phi) is 4.81. The molecule has 0 saturated heterocycles. The Morgan fingerprint density at radius 1 is 1.43 bits per heavy atom. The van der Waals surface area contributed by atoms with Crippen molar-refractivity contribution in [2.24, 2.45) is 5.92 Å². The van der Waals surface area contributed by atoms with E-state index in [1.807, 2.05) is 12.1 Å². The molecule has 0 saturated carbocycles. The minimum atomic E-state index is 0.586. The third kappa shape index (κ3) is 3.59. The number of alkyl halides is 1. The topological polar surface area (TPSA) is 9.23 Å². The lowest BCUT2D eigenvalue weighted by atomic mass is 10.0. The van der Waals surface area contributed by atoms with Crippen LogP contribution in [0.3, 0.4) is 0 Å². The van der Waals surface area contributed by atoms with Crippen LogP contribution in [0.5, 0.6) is 5.75 Å². The standard InChI is InChI=1S/C12H17ClO/c1-10(9-13)6-7-11-4-3-5-12(8-11)14-2/h3-5,8,10H,6-7,9H2,1-2H3. The van der Waals surface area contributed by atoms with Crippen LogP contribution < -0.4 is 4.74 Å². The van der Waals surface area contributed by atoms with Gasteiger partial charge in [-0.2, -0.15) is 0 Å². The first-order valence-electron chi connectivity index (χ1n) is 4.95. The second kappa shape index (κ2) is 5.92. The Labute approximate surface area is 91.0 Å². The molecule has 0 heterocycles. The molecule has 0 amide bonds. The molecule has 2 heteroatoms. The number of hydrogen-bond donors (Lipinski definition) is 0. The molecule has 0 aliphatic heterocycles. The maximum absolute atomic E-state index is 5.75. The van der Waals surface area contributed by atoms with Crippen molar-refractivity contribution in [1.82, 2.24) is 0 Å². The van der Waals surface area contributed by atoms with E-state index in [9.17, 15) is 0 Å². The molecule has 0 spiro atoms. The molecule has 0 aliphatic rings. The normalized spacial score (nSPS) is 12.5. The van der Waals surface area contributed by atoms with Crippen LogP contribution in [0, 0.1) is 5.92 Å². The molecule has 1 atom stereocenters. The number of rotatable bonds is 5. The van der Waals surface area contributed by atoms with E-state index in [0.29, 0.717) is 5.92 Å². The maximum Gasteiger partial charge on any atom is 0.119 e. The first-order valence-corrected chi connectivity index (χ1v) is 5.48. The highest BCUT2D eigenvalue weighted by Gasteiger charge is 2.01. The van der Waals surface area contributed by atoms with E-state index in [4.69, 9.17) is 16.3 Å². The molecule has 0 N–H and O–H groups in total. The summed E-state index contributed by atoms with van der Waals surface area (Å²) < 4.78 is 5.16. The predicted octanol–water partition coefficient (Wildman–Crippen LogP) is 3.50. The van der Waals surface area contributed by atoms with Gasteiger partial charge < -0.3 is 4.74 Å². The van der Waals surface area contributed by atoms with Crippen molar-refractivity contribution in [2.75, 3.05) is 13.0 Å². The summed E-state index contributed by atoms with van der Waals surface area (Å²) in [4.78, 5) is 0. The second-order valence-corrected chi connectivity index (χ2v) is 3.96. The summed E-state index contributed by atoms with van der Waals surface area (Å²) in [6, 6.07) is 8.21. The molecule has 0 radical (unpaired) electrons. The lowest BCUT2D eigenvalue weighted by Crippen LogP contribution is -1.98. The van der Waals surface area contributed by atoms with Crippen molar-refractivity contribution >= 4 is 11.6 Å². The molecule has 0 aromatic heterocycles. The zero-order chi connectivity index (χ0) is 10.4. The van der Waals surface area contributed by atoms with Gasteiger partial charge in [-0.3, -0.25) is 0 Å². The minimum Gasteiger partial charge on any atom is -0.497 e. The van der Waals surface area contributed by atoms with Crippen LogP contribution in [0.25, 0.3) is 0 Å². The van der Waals surface area contributed by atoms with Gasteiger partial charge in [0.15, 0.2) is 0 Å². The summed E-state index contributed by atoms with van der Waals surface area (Å²) in [6.07, 6.45) is 2.21. The Bertz CT molecular complexity index is 273. The Morgan fingerprint density at radius 3 is 2.86 bits per heavy atom. The Balaban J connectivity index is 2.50. The van der Waals surface area contributed by atoms with Gasteiger partial charge in [-0.1, -0.05) is 19.1 Å². The van der Waals surface area contributed by atoms with E-state index in [0.717, 1.165) is 24.5 Å². The minimum absolute atomic E-state index is 0.586. The number of benzene rings is 1. The second-order valence-electron chi connectivity index (χ2n) is 3.65. The molecule has 1 unspecified atom stereocenters. The quantitative estimate of drug-likeness (QED) is 0.679. The summed E-state index contributed by atoms with van der Waals surface area (Å²) in [5, 5.41) is 0. The molecule has 1 nitrogen and oxygen atoms in total. The van der Waals surface area contributed by atoms with Crippen molar-refractivity contribution in [1.29, 1.82) is 0 Å². The van der Waals surface area contributed by atoms with Crippen LogP contribution in [0.15, 0.2) is 24.3 Å². The van der Waals surface area contributed by atoms with E-state index in [1.54, 1.807) is 7.11 Å². The number of methoxy groups -OCH3 is 1. The van der Waals surface area contributed by atoms with Gasteiger partial charge in [0.2, 0.25) is 0 Å². The first-order chi connectivity index (χ1) is 6.76. The zero-order valence-electron chi connectivity index (χ0n) is 8.79. The van der Waals surface area contributed by atoms with E-state index >= 15 is 0 Å². The van der Waals surface area contributed by atoms with Crippen LogP contribution in [0.2, 0.25) is 0 Å². The summed E-state index contributed by atoms with van der Waals surface area (Å²) in [5.74, 6) is 2.26. The largest absolute Gasteiger partial charge is 0.497 e. The maximum atomic E-state index is 5.75. The van der Waals surface area contributed by atoms with Crippen LogP contribution in [-0.4, -0.2) is 13.0 Å². The lowest BCUT2D eigenvalue weighted by molar-refractivity contribution is 0.414. The molecule has 0 fully saturated rings. The molecular weight excluding hydrogens is 196 g/mol. The highest BCUT2D eigenvalue weighted by Crippen LogP contribution is 2.16. The van der Waals surface area contributed by atoms with Crippen LogP contribution >= 0.6 is 11.6 Å². The van der Waals surface area contributed by atoms with E-state index in [1.165, 1.54) is 5.56 Å². The van der Waals surface area contributed by atoms with E-state index in [2.05, 4.69) is 19.1 Å². The van der Waals surface area contributed by atoms with Gasteiger partial charge in [-0.05, 0) is 36.5 Å². The highest BCUT2D eigenvalue weighted by molar-refractivity contribution is 6.18. The van der Waals surface area contributed by atoms with Gasteiger partial charge in [0.05, 0.1) is 7.11 Å². The first kappa shape index (κ1) is 11.4. The van der Waals surface area contributed by atoms with E-state index in [-0.39, 0.29) is 0 Å². The Hall–Kier alpha value is -0.690. The molecule has 0 bridgehead atoms. The van der Waals surface area contributed by atoms with Crippen molar-refractivity contribution in [3.63, 3.8) is 0 Å². The predicted molar refractivity (Wildman–Crippen MR) is 61.2 cm³/mol. The summed E-state index contributed by atoms with van der Waals surface area (Å²) in [5.41, 5.74) is 1.32. The lowest BCUT2D eigenvalue weighted by Gasteiger charge is -2.07. The average molecular weight is 213 g/mol.